The summed E-state index contributed by atoms with van der Waals surface area (Å²) in [5.74, 6) is 0.246. The number of hydrazone groups is 1. The van der Waals surface area contributed by atoms with Crippen LogP contribution in [0.3, 0.4) is 0 Å². The minimum Gasteiger partial charge on any atom is -0.490 e. The Kier molecular flexibility index (Phi) is 8.65. The van der Waals surface area contributed by atoms with E-state index in [1.165, 1.54) is 6.21 Å². The van der Waals surface area contributed by atoms with Gasteiger partial charge in [0.15, 0.2) is 18.1 Å². The number of anilines is 1. The molecule has 3 aromatic rings. The average Bonchev–Trinajstić information content (AvgIpc) is 2.81. The molecule has 2 N–H and O–H groups in total. The van der Waals surface area contributed by atoms with Crippen LogP contribution in [0.1, 0.15) is 34.0 Å². The van der Waals surface area contributed by atoms with E-state index in [-0.39, 0.29) is 18.4 Å². The monoisotopic (exact) mass is 479 g/mol. The fraction of sp³-hybridized carbons (Fsp3) is 0.192. The Balaban J connectivity index is 1.59. The van der Waals surface area contributed by atoms with Crippen LogP contribution in [-0.4, -0.2) is 31.2 Å². The summed E-state index contributed by atoms with van der Waals surface area (Å²) in [7, 11) is 0. The smallest absolute Gasteiger partial charge is 0.271 e. The van der Waals surface area contributed by atoms with Gasteiger partial charge in [-0.1, -0.05) is 35.4 Å². The Bertz CT molecular complexity index is 1190. The first-order valence-corrected chi connectivity index (χ1v) is 11.1. The summed E-state index contributed by atoms with van der Waals surface area (Å²) in [5.41, 5.74) is 6.30. The molecule has 7 nitrogen and oxygen atoms in total. The van der Waals surface area contributed by atoms with Gasteiger partial charge in [0.05, 0.1) is 12.8 Å². The van der Waals surface area contributed by atoms with Crippen LogP contribution in [0.4, 0.5) is 5.69 Å². The fourth-order valence-corrected chi connectivity index (χ4v) is 3.12. The molecule has 2 amide bonds. The summed E-state index contributed by atoms with van der Waals surface area (Å²) < 4.78 is 11.3. The summed E-state index contributed by atoms with van der Waals surface area (Å²) in [6.07, 6.45) is 1.51. The highest BCUT2D eigenvalue weighted by Crippen LogP contribution is 2.28. The maximum atomic E-state index is 12.3. The van der Waals surface area contributed by atoms with Gasteiger partial charge in [0.25, 0.3) is 11.8 Å². The zero-order valence-corrected chi connectivity index (χ0v) is 20.0. The summed E-state index contributed by atoms with van der Waals surface area (Å²) in [6.45, 7) is 5.90. The van der Waals surface area contributed by atoms with Gasteiger partial charge < -0.3 is 14.8 Å². The van der Waals surface area contributed by atoms with Crippen LogP contribution in [0.25, 0.3) is 0 Å². The number of benzene rings is 3. The lowest BCUT2D eigenvalue weighted by molar-refractivity contribution is -0.118. The molecule has 0 aliphatic heterocycles. The number of hydrogen-bond donors (Lipinski definition) is 2. The summed E-state index contributed by atoms with van der Waals surface area (Å²) in [4.78, 5) is 24.4. The van der Waals surface area contributed by atoms with Crippen molar-refractivity contribution in [2.24, 2.45) is 5.10 Å². The first kappa shape index (κ1) is 24.8. The number of halogens is 1. The first-order chi connectivity index (χ1) is 16.4. The molecule has 0 fully saturated rings. The van der Waals surface area contributed by atoms with E-state index in [9.17, 15) is 9.59 Å². The van der Waals surface area contributed by atoms with Gasteiger partial charge in [-0.3, -0.25) is 9.59 Å². The van der Waals surface area contributed by atoms with Gasteiger partial charge in [-0.15, -0.1) is 0 Å². The van der Waals surface area contributed by atoms with Gasteiger partial charge in [0, 0.05) is 16.3 Å². The number of ether oxygens (including phenoxy) is 2. The Hall–Kier alpha value is -3.84. The number of nitrogens with zero attached hydrogens (tertiary/aromatic N) is 1. The highest BCUT2D eigenvalue weighted by molar-refractivity contribution is 6.31. The molecule has 0 aliphatic carbocycles. The van der Waals surface area contributed by atoms with Crippen molar-refractivity contribution in [2.75, 3.05) is 18.5 Å². The molecule has 0 heterocycles. The van der Waals surface area contributed by atoms with E-state index >= 15 is 0 Å². The highest BCUT2D eigenvalue weighted by Gasteiger charge is 2.10. The molecular formula is C26H26ClN3O4. The summed E-state index contributed by atoms with van der Waals surface area (Å²) in [5, 5.41) is 7.33. The van der Waals surface area contributed by atoms with Crippen molar-refractivity contribution in [1.82, 2.24) is 5.43 Å². The summed E-state index contributed by atoms with van der Waals surface area (Å²) in [6, 6.07) is 17.6. The number of rotatable bonds is 9. The topological polar surface area (TPSA) is 89.0 Å². The molecule has 0 spiro atoms. The van der Waals surface area contributed by atoms with Gasteiger partial charge in [0.2, 0.25) is 0 Å². The quantitative estimate of drug-likeness (QED) is 0.328. The third-order valence-corrected chi connectivity index (χ3v) is 5.18. The van der Waals surface area contributed by atoms with Crippen LogP contribution >= 0.6 is 11.6 Å². The third-order valence-electron chi connectivity index (χ3n) is 4.78. The van der Waals surface area contributed by atoms with Crippen LogP contribution in [0, 0.1) is 13.8 Å². The number of carbonyl (C=O) groups is 2. The number of hydrogen-bond acceptors (Lipinski definition) is 5. The lowest BCUT2D eigenvalue weighted by Gasteiger charge is -2.13. The van der Waals surface area contributed by atoms with Crippen LogP contribution in [0.5, 0.6) is 11.5 Å². The normalized spacial score (nSPS) is 10.7. The van der Waals surface area contributed by atoms with Gasteiger partial charge in [-0.05, 0) is 74.4 Å². The van der Waals surface area contributed by atoms with E-state index in [0.717, 1.165) is 11.1 Å². The van der Waals surface area contributed by atoms with Crippen molar-refractivity contribution >= 4 is 35.3 Å². The van der Waals surface area contributed by atoms with Crippen molar-refractivity contribution in [1.29, 1.82) is 0 Å². The fourth-order valence-electron chi connectivity index (χ4n) is 2.94. The van der Waals surface area contributed by atoms with E-state index in [0.29, 0.717) is 39.9 Å². The second-order valence-electron chi connectivity index (χ2n) is 7.51. The second kappa shape index (κ2) is 11.9. The van der Waals surface area contributed by atoms with E-state index in [1.54, 1.807) is 42.5 Å². The molecule has 34 heavy (non-hydrogen) atoms. The molecule has 3 aromatic carbocycles. The van der Waals surface area contributed by atoms with Gasteiger partial charge in [0.1, 0.15) is 0 Å². The SMILES string of the molecule is CCOc1cc(/C=N/NC(=O)c2ccc(C)cc2)ccc1OCC(=O)Nc1ccc(C)c(Cl)c1. The number of nitrogens with one attached hydrogen (secondary N) is 2. The predicted octanol–water partition coefficient (Wildman–Crippen LogP) is 5.14. The van der Waals surface area contributed by atoms with Crippen molar-refractivity contribution in [3.05, 3.63) is 87.9 Å². The predicted molar refractivity (Wildman–Crippen MR) is 134 cm³/mol. The number of aryl methyl sites for hydroxylation is 2. The molecule has 0 aliphatic rings. The van der Waals surface area contributed by atoms with Crippen LogP contribution in [0.15, 0.2) is 65.8 Å². The van der Waals surface area contributed by atoms with E-state index < -0.39 is 0 Å². The second-order valence-corrected chi connectivity index (χ2v) is 7.91. The standard InChI is InChI=1S/C26H26ClN3O4/c1-4-33-24-13-19(15-28-30-26(32)20-9-5-17(2)6-10-20)8-12-23(24)34-16-25(31)29-21-11-7-18(3)22(27)14-21/h5-15H,4,16H2,1-3H3,(H,29,31)(H,30,32)/b28-15+. The Morgan fingerprint density at radius 3 is 2.44 bits per heavy atom. The molecule has 0 unspecified atom stereocenters. The maximum Gasteiger partial charge on any atom is 0.271 e. The largest absolute Gasteiger partial charge is 0.490 e. The summed E-state index contributed by atoms with van der Waals surface area (Å²) >= 11 is 6.10. The molecular weight excluding hydrogens is 454 g/mol. The zero-order valence-electron chi connectivity index (χ0n) is 19.2. The van der Waals surface area contributed by atoms with Crippen molar-refractivity contribution < 1.29 is 19.1 Å². The van der Waals surface area contributed by atoms with Gasteiger partial charge in [-0.2, -0.15) is 5.10 Å². The van der Waals surface area contributed by atoms with Crippen LogP contribution in [-0.2, 0) is 4.79 Å². The number of carbonyl (C=O) groups excluding carboxylic acids is 2. The lowest BCUT2D eigenvalue weighted by atomic mass is 10.1. The van der Waals surface area contributed by atoms with E-state index in [1.807, 2.05) is 39.0 Å². The molecule has 0 saturated carbocycles. The number of amides is 2. The molecule has 0 aromatic heterocycles. The molecule has 0 bridgehead atoms. The molecule has 8 heteroatoms. The highest BCUT2D eigenvalue weighted by atomic mass is 35.5. The van der Waals surface area contributed by atoms with Crippen molar-refractivity contribution in [2.45, 2.75) is 20.8 Å². The van der Waals surface area contributed by atoms with Gasteiger partial charge in [-0.25, -0.2) is 5.43 Å². The van der Waals surface area contributed by atoms with Gasteiger partial charge >= 0.3 is 0 Å². The molecule has 0 atom stereocenters. The Labute approximate surface area is 203 Å². The van der Waals surface area contributed by atoms with Crippen molar-refractivity contribution in [3.8, 4) is 11.5 Å². The zero-order chi connectivity index (χ0) is 24.5. The van der Waals surface area contributed by atoms with Crippen LogP contribution in [0.2, 0.25) is 5.02 Å². The lowest BCUT2D eigenvalue weighted by Crippen LogP contribution is -2.20. The third kappa shape index (κ3) is 7.08. The van der Waals surface area contributed by atoms with E-state index in [2.05, 4.69) is 15.8 Å². The molecule has 176 valence electrons. The first-order valence-electron chi connectivity index (χ1n) is 10.7. The molecule has 0 saturated heterocycles. The van der Waals surface area contributed by atoms with E-state index in [4.69, 9.17) is 21.1 Å². The maximum absolute atomic E-state index is 12.3. The Morgan fingerprint density at radius 1 is 0.971 bits per heavy atom. The minimum atomic E-state index is -0.327. The minimum absolute atomic E-state index is 0.203. The molecule has 0 radical (unpaired) electrons. The van der Waals surface area contributed by atoms with Crippen molar-refractivity contribution in [3.63, 3.8) is 0 Å². The average molecular weight is 480 g/mol. The molecule has 3 rings (SSSR count). The van der Waals surface area contributed by atoms with Crippen LogP contribution < -0.4 is 20.2 Å². The Morgan fingerprint density at radius 2 is 1.74 bits per heavy atom.